The first kappa shape index (κ1) is 18.8. The molecule has 0 unspecified atom stereocenters. The van der Waals surface area contributed by atoms with E-state index in [0.29, 0.717) is 35.0 Å². The van der Waals surface area contributed by atoms with Crippen LogP contribution in [0.1, 0.15) is 23.0 Å². The molecule has 8 nitrogen and oxygen atoms in total. The smallest absolute Gasteiger partial charge is 0.271 e. The molecule has 142 valence electrons. The highest BCUT2D eigenvalue weighted by molar-refractivity contribution is 5.94. The molecule has 0 fully saturated rings. The maximum Gasteiger partial charge on any atom is 0.271 e. The zero-order valence-corrected chi connectivity index (χ0v) is 15.0. The Kier molecular flexibility index (Phi) is 5.81. The maximum atomic E-state index is 12.1. The molecule has 2 aromatic carbocycles. The molecule has 3 rings (SSSR count). The van der Waals surface area contributed by atoms with Gasteiger partial charge in [0.05, 0.1) is 17.7 Å². The lowest BCUT2D eigenvalue weighted by molar-refractivity contribution is -0.384. The Morgan fingerprint density at radius 1 is 1.14 bits per heavy atom. The second-order valence-electron chi connectivity index (χ2n) is 5.66. The molecule has 1 aromatic heterocycles. The van der Waals surface area contributed by atoms with Gasteiger partial charge in [-0.05, 0) is 55.5 Å². The number of nitro groups is 1. The number of nitrogens with zero attached hydrogens (tertiary/aromatic N) is 2. The van der Waals surface area contributed by atoms with Gasteiger partial charge >= 0.3 is 0 Å². The molecule has 1 heterocycles. The van der Waals surface area contributed by atoms with E-state index in [2.05, 4.69) is 10.5 Å². The van der Waals surface area contributed by atoms with Crippen LogP contribution in [0.4, 0.5) is 5.69 Å². The lowest BCUT2D eigenvalue weighted by Crippen LogP contribution is -2.17. The van der Waals surface area contributed by atoms with E-state index < -0.39 is 4.92 Å². The van der Waals surface area contributed by atoms with E-state index in [0.717, 1.165) is 0 Å². The molecule has 0 atom stereocenters. The van der Waals surface area contributed by atoms with Crippen molar-refractivity contribution >= 4 is 17.8 Å². The Labute approximate surface area is 160 Å². The first-order valence-corrected chi connectivity index (χ1v) is 8.47. The number of benzene rings is 2. The van der Waals surface area contributed by atoms with E-state index in [1.807, 2.05) is 6.92 Å². The lowest BCUT2D eigenvalue weighted by Gasteiger charge is -2.03. The fourth-order valence-corrected chi connectivity index (χ4v) is 2.41. The number of hydrogen-bond donors (Lipinski definition) is 1. The number of carbonyl (C=O) groups is 1. The van der Waals surface area contributed by atoms with Crippen molar-refractivity contribution in [2.24, 2.45) is 5.10 Å². The number of nitrogens with one attached hydrogen (secondary N) is 1. The van der Waals surface area contributed by atoms with Gasteiger partial charge in [-0.25, -0.2) is 5.43 Å². The summed E-state index contributed by atoms with van der Waals surface area (Å²) in [7, 11) is 0. The zero-order valence-electron chi connectivity index (χ0n) is 15.0. The van der Waals surface area contributed by atoms with Crippen molar-refractivity contribution in [1.29, 1.82) is 0 Å². The first-order chi connectivity index (χ1) is 13.6. The van der Waals surface area contributed by atoms with Crippen LogP contribution in [0.5, 0.6) is 5.75 Å². The molecule has 8 heteroatoms. The van der Waals surface area contributed by atoms with Crippen molar-refractivity contribution in [3.63, 3.8) is 0 Å². The maximum absolute atomic E-state index is 12.1. The van der Waals surface area contributed by atoms with Gasteiger partial charge in [0.15, 0.2) is 0 Å². The van der Waals surface area contributed by atoms with Gasteiger partial charge in [-0.3, -0.25) is 14.9 Å². The van der Waals surface area contributed by atoms with Gasteiger partial charge in [-0.15, -0.1) is 0 Å². The largest absolute Gasteiger partial charge is 0.494 e. The number of hydrogen-bond acceptors (Lipinski definition) is 6. The molecule has 1 N–H and O–H groups in total. The van der Waals surface area contributed by atoms with E-state index in [9.17, 15) is 14.9 Å². The highest BCUT2D eigenvalue weighted by Crippen LogP contribution is 2.24. The summed E-state index contributed by atoms with van der Waals surface area (Å²) in [5.74, 6) is 1.30. The first-order valence-electron chi connectivity index (χ1n) is 8.47. The van der Waals surface area contributed by atoms with Crippen LogP contribution in [0.15, 0.2) is 70.2 Å². The fraction of sp³-hybridized carbons (Fsp3) is 0.100. The van der Waals surface area contributed by atoms with Crippen LogP contribution in [-0.4, -0.2) is 23.7 Å². The number of carbonyl (C=O) groups excluding carboxylic acids is 1. The molecule has 3 aromatic rings. The number of rotatable bonds is 7. The fourth-order valence-electron chi connectivity index (χ4n) is 2.41. The number of ether oxygens (including phenoxy) is 1. The minimum Gasteiger partial charge on any atom is -0.494 e. The molecule has 0 saturated heterocycles. The zero-order chi connectivity index (χ0) is 19.9. The van der Waals surface area contributed by atoms with Crippen molar-refractivity contribution in [2.45, 2.75) is 6.92 Å². The quantitative estimate of drug-likeness (QED) is 0.379. The summed E-state index contributed by atoms with van der Waals surface area (Å²) in [4.78, 5) is 22.3. The third-order valence-electron chi connectivity index (χ3n) is 3.77. The Balaban J connectivity index is 1.60. The minimum absolute atomic E-state index is 0.00842. The molecule has 0 aliphatic rings. The third-order valence-corrected chi connectivity index (χ3v) is 3.77. The van der Waals surface area contributed by atoms with Crippen LogP contribution in [-0.2, 0) is 0 Å². The van der Waals surface area contributed by atoms with Crippen LogP contribution < -0.4 is 10.2 Å². The molecule has 0 bridgehead atoms. The standard InChI is InChI=1S/C20H17N3O5/c1-2-27-17-9-5-15(6-10-17)20(24)22-21-13-18-11-12-19(28-18)14-3-7-16(8-4-14)23(25)26/h3-13H,2H2,1H3,(H,22,24)/b21-13+. The number of furan rings is 1. The molecule has 0 aliphatic carbocycles. The highest BCUT2D eigenvalue weighted by Gasteiger charge is 2.08. The van der Waals surface area contributed by atoms with Crippen LogP contribution in [0, 0.1) is 10.1 Å². The topological polar surface area (TPSA) is 107 Å². The van der Waals surface area contributed by atoms with Gasteiger partial charge < -0.3 is 9.15 Å². The van der Waals surface area contributed by atoms with Crippen LogP contribution in [0.2, 0.25) is 0 Å². The lowest BCUT2D eigenvalue weighted by atomic mass is 10.1. The Morgan fingerprint density at radius 2 is 1.86 bits per heavy atom. The normalized spacial score (nSPS) is 10.8. The summed E-state index contributed by atoms with van der Waals surface area (Å²) in [6, 6.07) is 16.1. The van der Waals surface area contributed by atoms with E-state index in [1.165, 1.54) is 18.3 Å². The summed E-state index contributed by atoms with van der Waals surface area (Å²) in [6.45, 7) is 2.44. The summed E-state index contributed by atoms with van der Waals surface area (Å²) >= 11 is 0. The summed E-state index contributed by atoms with van der Waals surface area (Å²) in [5, 5.41) is 14.6. The molecule has 0 aliphatic heterocycles. The second-order valence-corrected chi connectivity index (χ2v) is 5.66. The van der Waals surface area contributed by atoms with Crippen molar-refractivity contribution in [1.82, 2.24) is 5.43 Å². The van der Waals surface area contributed by atoms with E-state index >= 15 is 0 Å². The van der Waals surface area contributed by atoms with Gasteiger partial charge in [-0.1, -0.05) is 0 Å². The van der Waals surface area contributed by atoms with E-state index in [-0.39, 0.29) is 11.6 Å². The van der Waals surface area contributed by atoms with Gasteiger partial charge in [-0.2, -0.15) is 5.10 Å². The Morgan fingerprint density at radius 3 is 2.50 bits per heavy atom. The molecule has 1 amide bonds. The van der Waals surface area contributed by atoms with Crippen molar-refractivity contribution in [3.8, 4) is 17.1 Å². The van der Waals surface area contributed by atoms with Gasteiger partial charge in [0, 0.05) is 23.3 Å². The predicted molar refractivity (Wildman–Crippen MR) is 103 cm³/mol. The van der Waals surface area contributed by atoms with Gasteiger partial charge in [0.25, 0.3) is 11.6 Å². The SMILES string of the molecule is CCOc1ccc(C(=O)N/N=C/c2ccc(-c3ccc([N+](=O)[O-])cc3)o2)cc1. The van der Waals surface area contributed by atoms with Crippen LogP contribution in [0.3, 0.4) is 0 Å². The van der Waals surface area contributed by atoms with Crippen molar-refractivity contribution < 1.29 is 18.9 Å². The monoisotopic (exact) mass is 379 g/mol. The number of hydrazone groups is 1. The highest BCUT2D eigenvalue weighted by atomic mass is 16.6. The number of nitro benzene ring substituents is 1. The van der Waals surface area contributed by atoms with E-state index in [1.54, 1.807) is 48.5 Å². The summed E-state index contributed by atoms with van der Waals surface area (Å²) < 4.78 is 10.9. The van der Waals surface area contributed by atoms with E-state index in [4.69, 9.17) is 9.15 Å². The van der Waals surface area contributed by atoms with Gasteiger partial charge in [0.2, 0.25) is 0 Å². The number of non-ortho nitro benzene ring substituents is 1. The van der Waals surface area contributed by atoms with Crippen molar-refractivity contribution in [2.75, 3.05) is 6.61 Å². The third kappa shape index (κ3) is 4.61. The average molecular weight is 379 g/mol. The molecule has 0 radical (unpaired) electrons. The number of amides is 1. The minimum atomic E-state index is -0.461. The van der Waals surface area contributed by atoms with Crippen molar-refractivity contribution in [3.05, 3.63) is 82.1 Å². The molecule has 0 spiro atoms. The summed E-state index contributed by atoms with van der Waals surface area (Å²) in [6.07, 6.45) is 1.38. The second kappa shape index (κ2) is 8.63. The van der Waals surface area contributed by atoms with Gasteiger partial charge in [0.1, 0.15) is 17.3 Å². The molecule has 28 heavy (non-hydrogen) atoms. The summed E-state index contributed by atoms with van der Waals surface area (Å²) in [5.41, 5.74) is 3.58. The molecular weight excluding hydrogens is 362 g/mol. The average Bonchev–Trinajstić information content (AvgIpc) is 3.18. The molecule has 0 saturated carbocycles. The molecular formula is C20H17N3O5. The Bertz CT molecular complexity index is 991. The van der Waals surface area contributed by atoms with Crippen LogP contribution in [0.25, 0.3) is 11.3 Å². The Hall–Kier alpha value is -3.94. The predicted octanol–water partition coefficient (Wildman–Crippen LogP) is 4.02. The van der Waals surface area contributed by atoms with Crippen LogP contribution >= 0.6 is 0 Å².